The number of aromatic nitrogens is 3. The molecule has 18 heavy (non-hydrogen) atoms. The molecule has 0 atom stereocenters. The van der Waals surface area contributed by atoms with Crippen LogP contribution in [0.2, 0.25) is 0 Å². The Morgan fingerprint density at radius 2 is 2.22 bits per heavy atom. The van der Waals surface area contributed by atoms with E-state index >= 15 is 0 Å². The lowest BCUT2D eigenvalue weighted by Gasteiger charge is -2.09. The predicted octanol–water partition coefficient (Wildman–Crippen LogP) is 1.20. The molecule has 0 aliphatic rings. The zero-order valence-electron chi connectivity index (χ0n) is 10.3. The fourth-order valence-electron chi connectivity index (χ4n) is 1.48. The quantitative estimate of drug-likeness (QED) is 0.879. The molecule has 0 spiro atoms. The van der Waals surface area contributed by atoms with E-state index in [0.29, 0.717) is 5.75 Å². The second-order valence-electron chi connectivity index (χ2n) is 3.93. The van der Waals surface area contributed by atoms with Gasteiger partial charge in [0.1, 0.15) is 12.1 Å². The number of rotatable bonds is 3. The number of nitrogens with zero attached hydrogens (tertiary/aromatic N) is 3. The van der Waals surface area contributed by atoms with Gasteiger partial charge in [0, 0.05) is 0 Å². The average molecular weight is 246 g/mol. The van der Waals surface area contributed by atoms with Crippen molar-refractivity contribution in [3.05, 3.63) is 35.7 Å². The lowest BCUT2D eigenvalue weighted by Crippen LogP contribution is -2.20. The molecule has 0 aliphatic heterocycles. The molecule has 0 fully saturated rings. The minimum absolute atomic E-state index is 0.0649. The van der Waals surface area contributed by atoms with Gasteiger partial charge in [0.15, 0.2) is 6.61 Å². The number of ether oxygens (including phenoxy) is 1. The van der Waals surface area contributed by atoms with Crippen molar-refractivity contribution in [1.29, 1.82) is 0 Å². The van der Waals surface area contributed by atoms with Crippen LogP contribution in [0.15, 0.2) is 24.5 Å². The number of benzene rings is 1. The molecule has 1 aromatic heterocycles. The summed E-state index contributed by atoms with van der Waals surface area (Å²) in [6, 6.07) is 5.70. The number of anilines is 1. The summed E-state index contributed by atoms with van der Waals surface area (Å²) < 4.78 is 6.53. The fraction of sp³-hybridized carbons (Fsp3) is 0.250. The summed E-state index contributed by atoms with van der Waals surface area (Å²) in [6.07, 6.45) is 1.27. The Kier molecular flexibility index (Phi) is 3.27. The third-order valence-corrected chi connectivity index (χ3v) is 2.67. The standard InChI is InChI=1S/C12H14N4O2/c1-8-4-3-5-10(9(8)2)18-6-11(17)16-7-14-12(13)15-16/h3-5,7H,6H2,1-2H3,(H2,13,15). The number of nitrogen functional groups attached to an aromatic ring is 1. The Morgan fingerprint density at radius 3 is 2.89 bits per heavy atom. The maximum absolute atomic E-state index is 11.7. The molecule has 0 saturated carbocycles. The van der Waals surface area contributed by atoms with Crippen LogP contribution in [0.5, 0.6) is 5.75 Å². The normalized spacial score (nSPS) is 10.3. The van der Waals surface area contributed by atoms with Crippen LogP contribution in [-0.2, 0) is 0 Å². The molecule has 6 heteroatoms. The highest BCUT2D eigenvalue weighted by atomic mass is 16.5. The minimum atomic E-state index is -0.319. The molecule has 0 bridgehead atoms. The van der Waals surface area contributed by atoms with Gasteiger partial charge in [0.25, 0.3) is 5.91 Å². The lowest BCUT2D eigenvalue weighted by molar-refractivity contribution is 0.0820. The van der Waals surface area contributed by atoms with E-state index in [0.717, 1.165) is 15.8 Å². The maximum atomic E-state index is 11.7. The molecule has 94 valence electrons. The van der Waals surface area contributed by atoms with Crippen molar-refractivity contribution < 1.29 is 9.53 Å². The van der Waals surface area contributed by atoms with Crippen LogP contribution >= 0.6 is 0 Å². The number of hydrogen-bond donors (Lipinski definition) is 1. The molecule has 1 aromatic carbocycles. The summed E-state index contributed by atoms with van der Waals surface area (Å²) in [5.74, 6) is 0.437. The number of carbonyl (C=O) groups excluding carboxylic acids is 1. The van der Waals surface area contributed by atoms with Gasteiger partial charge in [0.05, 0.1) is 0 Å². The van der Waals surface area contributed by atoms with E-state index in [-0.39, 0.29) is 18.5 Å². The average Bonchev–Trinajstić information content (AvgIpc) is 2.77. The lowest BCUT2D eigenvalue weighted by atomic mass is 10.1. The third-order valence-electron chi connectivity index (χ3n) is 2.67. The van der Waals surface area contributed by atoms with Gasteiger partial charge in [-0.25, -0.2) is 4.98 Å². The first-order chi connectivity index (χ1) is 8.58. The Hall–Kier alpha value is -2.37. The van der Waals surface area contributed by atoms with Gasteiger partial charge in [0.2, 0.25) is 5.95 Å². The first-order valence-corrected chi connectivity index (χ1v) is 5.47. The van der Waals surface area contributed by atoms with E-state index in [2.05, 4.69) is 10.1 Å². The summed E-state index contributed by atoms with van der Waals surface area (Å²) in [5.41, 5.74) is 7.46. The number of aryl methyl sites for hydroxylation is 1. The minimum Gasteiger partial charge on any atom is -0.483 e. The van der Waals surface area contributed by atoms with Crippen LogP contribution in [0.3, 0.4) is 0 Å². The van der Waals surface area contributed by atoms with Gasteiger partial charge in [-0.2, -0.15) is 4.68 Å². The summed E-state index contributed by atoms with van der Waals surface area (Å²) in [6.45, 7) is 3.83. The van der Waals surface area contributed by atoms with Crippen molar-refractivity contribution in [3.8, 4) is 5.75 Å². The first kappa shape index (κ1) is 12.1. The molecule has 2 N–H and O–H groups in total. The Morgan fingerprint density at radius 1 is 1.44 bits per heavy atom. The molecular weight excluding hydrogens is 232 g/mol. The Bertz CT molecular complexity index is 577. The summed E-state index contributed by atoms with van der Waals surface area (Å²) in [7, 11) is 0. The zero-order valence-corrected chi connectivity index (χ0v) is 10.3. The summed E-state index contributed by atoms with van der Waals surface area (Å²) in [4.78, 5) is 15.4. The second-order valence-corrected chi connectivity index (χ2v) is 3.93. The zero-order chi connectivity index (χ0) is 13.1. The summed E-state index contributed by atoms with van der Waals surface area (Å²) >= 11 is 0. The SMILES string of the molecule is Cc1cccc(OCC(=O)n2cnc(N)n2)c1C. The van der Waals surface area contributed by atoms with E-state index in [4.69, 9.17) is 10.5 Å². The van der Waals surface area contributed by atoms with Crippen molar-refractivity contribution in [2.75, 3.05) is 12.3 Å². The summed E-state index contributed by atoms with van der Waals surface area (Å²) in [5, 5.41) is 3.72. The van der Waals surface area contributed by atoms with Crippen LogP contribution in [-0.4, -0.2) is 27.3 Å². The van der Waals surface area contributed by atoms with Crippen LogP contribution in [0, 0.1) is 13.8 Å². The van der Waals surface area contributed by atoms with Crippen LogP contribution in [0.25, 0.3) is 0 Å². The van der Waals surface area contributed by atoms with E-state index in [1.165, 1.54) is 6.33 Å². The Balaban J connectivity index is 2.04. The highest BCUT2D eigenvalue weighted by Crippen LogP contribution is 2.20. The molecule has 1 heterocycles. The van der Waals surface area contributed by atoms with Gasteiger partial charge in [-0.05, 0) is 31.0 Å². The molecule has 0 radical (unpaired) electrons. The second kappa shape index (κ2) is 4.87. The van der Waals surface area contributed by atoms with Crippen LogP contribution in [0.1, 0.15) is 15.9 Å². The molecule has 0 saturated heterocycles. The van der Waals surface area contributed by atoms with Gasteiger partial charge in [-0.1, -0.05) is 12.1 Å². The van der Waals surface area contributed by atoms with E-state index in [1.807, 2.05) is 32.0 Å². The van der Waals surface area contributed by atoms with E-state index in [1.54, 1.807) is 0 Å². The molecule has 0 amide bonds. The van der Waals surface area contributed by atoms with Crippen molar-refractivity contribution in [1.82, 2.24) is 14.8 Å². The largest absolute Gasteiger partial charge is 0.483 e. The van der Waals surface area contributed by atoms with Crippen molar-refractivity contribution in [3.63, 3.8) is 0 Å². The van der Waals surface area contributed by atoms with E-state index < -0.39 is 0 Å². The number of nitrogens with two attached hydrogens (primary N) is 1. The number of hydrogen-bond acceptors (Lipinski definition) is 5. The van der Waals surface area contributed by atoms with Gasteiger partial charge in [-0.3, -0.25) is 4.79 Å². The highest BCUT2D eigenvalue weighted by Gasteiger charge is 2.09. The monoisotopic (exact) mass is 246 g/mol. The van der Waals surface area contributed by atoms with Gasteiger partial charge in [-0.15, -0.1) is 5.10 Å². The van der Waals surface area contributed by atoms with Crippen molar-refractivity contribution >= 4 is 11.9 Å². The van der Waals surface area contributed by atoms with Crippen LogP contribution < -0.4 is 10.5 Å². The third kappa shape index (κ3) is 2.48. The molecule has 0 unspecified atom stereocenters. The highest BCUT2D eigenvalue weighted by molar-refractivity contribution is 5.79. The van der Waals surface area contributed by atoms with Crippen molar-refractivity contribution in [2.24, 2.45) is 0 Å². The molecule has 6 nitrogen and oxygen atoms in total. The molecule has 2 aromatic rings. The molecule has 2 rings (SSSR count). The molecular formula is C12H14N4O2. The predicted molar refractivity (Wildman–Crippen MR) is 66.5 cm³/mol. The fourth-order valence-corrected chi connectivity index (χ4v) is 1.48. The Labute approximate surface area is 104 Å². The number of carbonyl (C=O) groups is 1. The smallest absolute Gasteiger partial charge is 0.286 e. The van der Waals surface area contributed by atoms with Crippen molar-refractivity contribution in [2.45, 2.75) is 13.8 Å². The maximum Gasteiger partial charge on any atom is 0.286 e. The van der Waals surface area contributed by atoms with Crippen LogP contribution in [0.4, 0.5) is 5.95 Å². The van der Waals surface area contributed by atoms with Gasteiger partial charge < -0.3 is 10.5 Å². The molecule has 0 aliphatic carbocycles. The first-order valence-electron chi connectivity index (χ1n) is 5.47. The van der Waals surface area contributed by atoms with E-state index in [9.17, 15) is 4.79 Å². The van der Waals surface area contributed by atoms with Gasteiger partial charge >= 0.3 is 0 Å². The topological polar surface area (TPSA) is 83.0 Å².